The number of rotatable bonds is 4. The largest absolute Gasteiger partial charge is 0.339 e. The lowest BCUT2D eigenvalue weighted by Gasteiger charge is -2.24. The molecule has 1 fully saturated rings. The summed E-state index contributed by atoms with van der Waals surface area (Å²) in [5.41, 5.74) is 0.887. The van der Waals surface area contributed by atoms with Crippen molar-refractivity contribution in [2.75, 3.05) is 27.2 Å². The number of carbonyl (C=O) groups is 2. The number of aromatic nitrogens is 2. The van der Waals surface area contributed by atoms with E-state index in [4.69, 9.17) is 0 Å². The summed E-state index contributed by atoms with van der Waals surface area (Å²) in [5.74, 6) is 0.664. The van der Waals surface area contributed by atoms with Gasteiger partial charge in [-0.15, -0.1) is 0 Å². The molecule has 0 radical (unpaired) electrons. The van der Waals surface area contributed by atoms with Gasteiger partial charge in [0.15, 0.2) is 0 Å². The summed E-state index contributed by atoms with van der Waals surface area (Å²) < 4.78 is 1.70. The highest BCUT2D eigenvalue weighted by atomic mass is 16.2. The normalized spacial score (nSPS) is 20.0. The quantitative estimate of drug-likeness (QED) is 0.907. The Morgan fingerprint density at radius 3 is 2.65 bits per heavy atom. The van der Waals surface area contributed by atoms with Crippen LogP contribution in [0.5, 0.6) is 0 Å². The molecule has 2 atom stereocenters. The molecule has 0 aliphatic carbocycles. The van der Waals surface area contributed by atoms with Crippen molar-refractivity contribution in [2.24, 2.45) is 11.8 Å². The first-order valence-corrected chi connectivity index (χ1v) is 9.03. The van der Waals surface area contributed by atoms with Gasteiger partial charge in [0.2, 0.25) is 5.91 Å². The summed E-state index contributed by atoms with van der Waals surface area (Å²) in [4.78, 5) is 28.2. The summed E-state index contributed by atoms with van der Waals surface area (Å²) in [5, 5.41) is 8.54. The predicted octanol–water partition coefficient (Wildman–Crippen LogP) is 1.79. The van der Waals surface area contributed by atoms with Crippen LogP contribution in [0.25, 0.3) is 10.9 Å². The zero-order valence-electron chi connectivity index (χ0n) is 15.8. The van der Waals surface area contributed by atoms with Gasteiger partial charge in [0.1, 0.15) is 6.54 Å². The number of benzene rings is 1. The summed E-state index contributed by atoms with van der Waals surface area (Å²) >= 11 is 0. The monoisotopic (exact) mass is 357 g/mol. The molecule has 1 aromatic heterocycles. The smallest absolute Gasteiger partial charge is 0.317 e. The number of carbonyl (C=O) groups excluding carboxylic acids is 2. The van der Waals surface area contributed by atoms with Gasteiger partial charge in [0, 0.05) is 44.7 Å². The fourth-order valence-corrected chi connectivity index (χ4v) is 3.48. The number of nitrogens with zero attached hydrogens (tertiary/aromatic N) is 4. The van der Waals surface area contributed by atoms with Crippen molar-refractivity contribution in [3.05, 3.63) is 30.5 Å². The highest BCUT2D eigenvalue weighted by Gasteiger charge is 2.37. The Kier molecular flexibility index (Phi) is 5.15. The fraction of sp³-hybridized carbons (Fsp3) is 0.526. The maximum Gasteiger partial charge on any atom is 0.317 e. The van der Waals surface area contributed by atoms with Crippen molar-refractivity contribution in [1.82, 2.24) is 24.9 Å². The molecule has 3 rings (SSSR count). The topological polar surface area (TPSA) is 70.5 Å². The summed E-state index contributed by atoms with van der Waals surface area (Å²) in [7, 11) is 3.44. The molecule has 1 saturated heterocycles. The third-order valence-electron chi connectivity index (χ3n) is 5.05. The zero-order chi connectivity index (χ0) is 18.8. The van der Waals surface area contributed by atoms with E-state index in [1.54, 1.807) is 18.8 Å². The number of urea groups is 1. The molecule has 7 nitrogen and oxygen atoms in total. The van der Waals surface area contributed by atoms with Crippen LogP contribution in [0, 0.1) is 11.8 Å². The van der Waals surface area contributed by atoms with Crippen molar-refractivity contribution in [3.63, 3.8) is 0 Å². The average molecular weight is 357 g/mol. The highest BCUT2D eigenvalue weighted by Crippen LogP contribution is 2.25. The minimum Gasteiger partial charge on any atom is -0.339 e. The molecular formula is C19H27N5O2. The number of hydrogen-bond donors (Lipinski definition) is 1. The van der Waals surface area contributed by atoms with Crippen LogP contribution in [0.2, 0.25) is 0 Å². The third kappa shape index (κ3) is 3.81. The molecule has 7 heteroatoms. The maximum absolute atomic E-state index is 12.8. The Morgan fingerprint density at radius 1 is 1.27 bits per heavy atom. The van der Waals surface area contributed by atoms with Crippen molar-refractivity contribution in [2.45, 2.75) is 26.4 Å². The van der Waals surface area contributed by atoms with Crippen LogP contribution >= 0.6 is 0 Å². The van der Waals surface area contributed by atoms with Crippen LogP contribution in [0.15, 0.2) is 30.5 Å². The molecule has 1 aliphatic rings. The van der Waals surface area contributed by atoms with Crippen molar-refractivity contribution >= 4 is 22.8 Å². The van der Waals surface area contributed by atoms with E-state index in [2.05, 4.69) is 24.3 Å². The maximum atomic E-state index is 12.8. The van der Waals surface area contributed by atoms with Crippen LogP contribution < -0.4 is 5.32 Å². The van der Waals surface area contributed by atoms with Crippen LogP contribution in [-0.4, -0.2) is 64.7 Å². The van der Waals surface area contributed by atoms with Crippen molar-refractivity contribution in [1.29, 1.82) is 0 Å². The molecule has 140 valence electrons. The Balaban J connectivity index is 1.68. The van der Waals surface area contributed by atoms with Crippen molar-refractivity contribution < 1.29 is 9.59 Å². The minimum atomic E-state index is -0.117. The number of amides is 3. The van der Waals surface area contributed by atoms with Gasteiger partial charge in [-0.05, 0) is 12.0 Å². The molecule has 1 aromatic carbocycles. The van der Waals surface area contributed by atoms with Crippen LogP contribution in [0.3, 0.4) is 0 Å². The van der Waals surface area contributed by atoms with E-state index in [0.29, 0.717) is 19.0 Å². The first-order chi connectivity index (χ1) is 12.3. The summed E-state index contributed by atoms with van der Waals surface area (Å²) in [6.45, 7) is 5.69. The molecule has 0 spiro atoms. The molecule has 0 bridgehead atoms. The van der Waals surface area contributed by atoms with E-state index >= 15 is 0 Å². The lowest BCUT2D eigenvalue weighted by atomic mass is 9.91. The minimum absolute atomic E-state index is 0.0226. The Bertz CT molecular complexity index is 765. The second kappa shape index (κ2) is 7.35. The van der Waals surface area contributed by atoms with Gasteiger partial charge in [-0.1, -0.05) is 32.0 Å². The van der Waals surface area contributed by atoms with E-state index in [9.17, 15) is 9.59 Å². The summed E-state index contributed by atoms with van der Waals surface area (Å²) in [6.07, 6.45) is 1.90. The average Bonchev–Trinajstić information content (AvgIpc) is 3.18. The van der Waals surface area contributed by atoms with Crippen LogP contribution in [0.1, 0.15) is 13.8 Å². The predicted molar refractivity (Wildman–Crippen MR) is 101 cm³/mol. The molecule has 2 aromatic rings. The van der Waals surface area contributed by atoms with Gasteiger partial charge >= 0.3 is 6.03 Å². The molecule has 0 unspecified atom stereocenters. The van der Waals surface area contributed by atoms with Crippen LogP contribution in [0.4, 0.5) is 4.79 Å². The molecule has 26 heavy (non-hydrogen) atoms. The van der Waals surface area contributed by atoms with Gasteiger partial charge in [-0.3, -0.25) is 9.48 Å². The van der Waals surface area contributed by atoms with E-state index in [1.807, 2.05) is 35.4 Å². The Labute approximate surface area is 153 Å². The number of hydrogen-bond acceptors (Lipinski definition) is 3. The van der Waals surface area contributed by atoms with E-state index in [1.165, 1.54) is 4.90 Å². The Morgan fingerprint density at radius 2 is 2.00 bits per heavy atom. The molecular weight excluding hydrogens is 330 g/mol. The second-order valence-electron chi connectivity index (χ2n) is 7.54. The van der Waals surface area contributed by atoms with Gasteiger partial charge in [-0.2, -0.15) is 5.10 Å². The SMILES string of the molecule is CC(C)[C@@H]1CN(C(=O)Cn2cc3ccccc3n2)C[C@H]1NC(=O)N(C)C. The van der Waals surface area contributed by atoms with E-state index < -0.39 is 0 Å². The third-order valence-corrected chi connectivity index (χ3v) is 5.05. The summed E-state index contributed by atoms with van der Waals surface area (Å²) in [6, 6.07) is 7.68. The molecule has 3 amide bonds. The molecule has 2 heterocycles. The van der Waals surface area contributed by atoms with Gasteiger partial charge < -0.3 is 15.1 Å². The van der Waals surface area contributed by atoms with E-state index in [-0.39, 0.29) is 30.4 Å². The highest BCUT2D eigenvalue weighted by molar-refractivity contribution is 5.80. The van der Waals surface area contributed by atoms with Gasteiger partial charge in [0.25, 0.3) is 0 Å². The lowest BCUT2D eigenvalue weighted by Crippen LogP contribution is -2.46. The first kappa shape index (κ1) is 18.2. The van der Waals surface area contributed by atoms with Crippen molar-refractivity contribution in [3.8, 4) is 0 Å². The number of likely N-dealkylation sites (tertiary alicyclic amines) is 1. The van der Waals surface area contributed by atoms with Gasteiger partial charge in [0.05, 0.1) is 11.6 Å². The van der Waals surface area contributed by atoms with Crippen LogP contribution in [-0.2, 0) is 11.3 Å². The number of nitrogens with one attached hydrogen (secondary N) is 1. The molecule has 0 saturated carbocycles. The standard InChI is InChI=1S/C19H27N5O2/c1-13(2)15-10-23(11-17(15)20-19(26)22(3)4)18(25)12-24-9-14-7-5-6-8-16(14)21-24/h5-9,13,15,17H,10-12H2,1-4H3,(H,20,26)/t15-,17+/m0/s1. The van der Waals surface area contributed by atoms with E-state index in [0.717, 1.165) is 10.9 Å². The van der Waals surface area contributed by atoms with Gasteiger partial charge in [-0.25, -0.2) is 4.79 Å². The molecule has 1 aliphatic heterocycles. The fourth-order valence-electron chi connectivity index (χ4n) is 3.48. The molecule has 1 N–H and O–H groups in total. The first-order valence-electron chi connectivity index (χ1n) is 9.03. The zero-order valence-corrected chi connectivity index (χ0v) is 15.8. The number of fused-ring (bicyclic) bond motifs is 1. The lowest BCUT2D eigenvalue weighted by molar-refractivity contribution is -0.131. The Hall–Kier alpha value is -2.57. The second-order valence-corrected chi connectivity index (χ2v) is 7.54.